The second-order valence-corrected chi connectivity index (χ2v) is 18.6. The molecule has 19 nitrogen and oxygen atoms in total. The number of Topliss-reactive ketones (excluding diaryl/α,β-unsaturated/α-hetero) is 1. The molecule has 8 atom stereocenters. The Hall–Kier alpha value is -6.73. The highest BCUT2D eigenvalue weighted by Crippen LogP contribution is 2.30. The number of hydrogen-bond acceptors (Lipinski definition) is 13. The average molecular weight is 951 g/mol. The first-order valence-corrected chi connectivity index (χ1v) is 23.6. The quantitative estimate of drug-likeness (QED) is 0.235. The van der Waals surface area contributed by atoms with E-state index in [2.05, 4.69) is 25.8 Å². The van der Waals surface area contributed by atoms with Gasteiger partial charge in [0, 0.05) is 64.7 Å². The first-order valence-electron chi connectivity index (χ1n) is 23.6. The van der Waals surface area contributed by atoms with Crippen LogP contribution in [-0.2, 0) is 49.5 Å². The van der Waals surface area contributed by atoms with Crippen LogP contribution < -0.4 is 16.0 Å². The number of rotatable bonds is 8. The van der Waals surface area contributed by atoms with E-state index in [-0.39, 0.29) is 43.7 Å². The number of morpholine rings is 1. The van der Waals surface area contributed by atoms with Crippen LogP contribution in [0.25, 0.3) is 0 Å². The van der Waals surface area contributed by atoms with Crippen molar-refractivity contribution in [2.24, 2.45) is 5.92 Å². The number of benzene rings is 2. The number of carbonyl (C=O) groups excluding carboxylic acids is 8. The number of ether oxygens (including phenoxy) is 2. The van der Waals surface area contributed by atoms with Gasteiger partial charge in [-0.25, -0.2) is 9.78 Å². The fourth-order valence-electron chi connectivity index (χ4n) is 9.47. The Bertz CT molecular complexity index is 2410. The zero-order chi connectivity index (χ0) is 49.6. The third-order valence-electron chi connectivity index (χ3n) is 13.8. The van der Waals surface area contributed by atoms with Crippen molar-refractivity contribution in [3.8, 4) is 5.75 Å². The summed E-state index contributed by atoms with van der Waals surface area (Å²) in [6.45, 7) is 8.80. The molecule has 4 N–H and O–H groups in total. The van der Waals surface area contributed by atoms with E-state index in [1.54, 1.807) is 37.3 Å². The molecule has 19 heteroatoms. The second kappa shape index (κ2) is 21.7. The molecule has 4 aliphatic rings. The summed E-state index contributed by atoms with van der Waals surface area (Å²) in [5.41, 5.74) is -0.158. The zero-order valence-electron chi connectivity index (χ0n) is 39.7. The standard InChI is InChI=1S/C50H62N8O11/c1-6-50(4)49(67)57-21-11-14-35(57)46(64)55(5)37(26-32-18-16-30(2)17-19-32)47(65)58-29-34(28-56-22-24-68-25-23-56)39(60)27-36(58)43(61)53-41(33-12-8-7-9-13-33)48(66)69-31(3)40(45(63)54-50)52-44(62)42-38(59)15-10-20-51-42/h7-10,12-13,15-20,31,34-37,40-41,59H,6,11,14,21-29H2,1-5H3,(H,52,62)(H,53,61)(H,54,63)/t31-,34?,35+,36+,37+,40+,41+,50+/m1/s1. The lowest BCUT2D eigenvalue weighted by Gasteiger charge is -2.43. The maximum Gasteiger partial charge on any atom is 0.333 e. The number of pyridine rings is 1. The number of nitrogens with one attached hydrogen (secondary N) is 3. The SMILES string of the molecule is CC[C@]1(C)NC(=O)[C@@H](NC(=O)c2ncccc2O)[C@@H](C)OC(=O)[C@H](c2ccccc2)NC(=O)[C@@H]2CC(=O)C(CN3CCOCC3)CN2C(=O)[C@H](Cc2ccc(C)cc2)N(C)C(=O)[C@@H]2CCCN2C1=O. The van der Waals surface area contributed by atoms with Crippen molar-refractivity contribution < 1.29 is 52.9 Å². The molecule has 7 rings (SSSR count). The number of likely N-dealkylation sites (N-methyl/N-ethyl adjacent to an activating group) is 1. The highest BCUT2D eigenvalue weighted by molar-refractivity contribution is 6.02. The van der Waals surface area contributed by atoms with Crippen LogP contribution in [-0.4, -0.2) is 166 Å². The number of fused-ring (bicyclic) bond motifs is 2. The van der Waals surface area contributed by atoms with Crippen molar-refractivity contribution >= 4 is 47.2 Å². The Morgan fingerprint density at radius 1 is 0.899 bits per heavy atom. The van der Waals surface area contributed by atoms with Gasteiger partial charge in [-0.2, -0.15) is 0 Å². The van der Waals surface area contributed by atoms with Gasteiger partial charge in [-0.15, -0.1) is 0 Å². The van der Waals surface area contributed by atoms with E-state index in [0.29, 0.717) is 39.3 Å². The molecule has 3 aromatic rings. The lowest BCUT2D eigenvalue weighted by atomic mass is 9.88. The van der Waals surface area contributed by atoms with Gasteiger partial charge in [-0.05, 0) is 63.3 Å². The first kappa shape index (κ1) is 50.2. The maximum absolute atomic E-state index is 15.5. The summed E-state index contributed by atoms with van der Waals surface area (Å²) in [6.07, 6.45) is 0.0978. The zero-order valence-corrected chi connectivity index (χ0v) is 39.7. The minimum Gasteiger partial charge on any atom is -0.505 e. The Morgan fingerprint density at radius 2 is 1.61 bits per heavy atom. The third-order valence-corrected chi connectivity index (χ3v) is 13.8. The van der Waals surface area contributed by atoms with Gasteiger partial charge < -0.3 is 45.2 Å². The number of ketones is 1. The number of carbonyl (C=O) groups is 8. The predicted molar refractivity (Wildman–Crippen MR) is 249 cm³/mol. The van der Waals surface area contributed by atoms with Crippen molar-refractivity contribution in [2.45, 2.75) is 102 Å². The maximum atomic E-state index is 15.5. The minimum atomic E-state index is -1.71. The number of aromatic nitrogens is 1. The second-order valence-electron chi connectivity index (χ2n) is 18.6. The molecule has 6 amide bonds. The Balaban J connectivity index is 1.33. The molecular formula is C50H62N8O11. The molecule has 2 aromatic carbocycles. The van der Waals surface area contributed by atoms with Gasteiger partial charge in [0.2, 0.25) is 29.5 Å². The molecule has 0 spiro atoms. The minimum absolute atomic E-state index is 0.0257. The lowest BCUT2D eigenvalue weighted by Crippen LogP contribution is -2.65. The van der Waals surface area contributed by atoms with Crippen molar-refractivity contribution in [3.63, 3.8) is 0 Å². The molecule has 368 valence electrons. The molecule has 4 fully saturated rings. The molecule has 0 radical (unpaired) electrons. The summed E-state index contributed by atoms with van der Waals surface area (Å²) in [6, 6.07) is 11.2. The number of nitrogens with zero attached hydrogens (tertiary/aromatic N) is 5. The summed E-state index contributed by atoms with van der Waals surface area (Å²) in [4.78, 5) is 127. The van der Waals surface area contributed by atoms with E-state index in [9.17, 15) is 38.7 Å². The van der Waals surface area contributed by atoms with E-state index >= 15 is 4.79 Å². The number of amides is 6. The number of cyclic esters (lactones) is 1. The van der Waals surface area contributed by atoms with Gasteiger partial charge in [0.05, 0.1) is 13.2 Å². The van der Waals surface area contributed by atoms with E-state index in [1.165, 1.54) is 53.9 Å². The van der Waals surface area contributed by atoms with Crippen LogP contribution in [0.2, 0.25) is 0 Å². The van der Waals surface area contributed by atoms with Gasteiger partial charge in [0.15, 0.2) is 11.7 Å². The largest absolute Gasteiger partial charge is 0.505 e. The van der Waals surface area contributed by atoms with Crippen LogP contribution >= 0.6 is 0 Å². The van der Waals surface area contributed by atoms with E-state index in [0.717, 1.165) is 11.1 Å². The molecule has 1 unspecified atom stereocenters. The summed E-state index contributed by atoms with van der Waals surface area (Å²) in [5, 5.41) is 18.5. The van der Waals surface area contributed by atoms with E-state index in [4.69, 9.17) is 9.47 Å². The molecular weight excluding hydrogens is 889 g/mol. The van der Waals surface area contributed by atoms with Gasteiger partial charge in [0.25, 0.3) is 5.91 Å². The van der Waals surface area contributed by atoms with Gasteiger partial charge in [-0.1, -0.05) is 67.1 Å². The van der Waals surface area contributed by atoms with Crippen molar-refractivity contribution in [1.82, 2.24) is 40.5 Å². The van der Waals surface area contributed by atoms with E-state index in [1.807, 2.05) is 31.2 Å². The number of esters is 1. The van der Waals surface area contributed by atoms with Crippen LogP contribution in [0.15, 0.2) is 72.9 Å². The smallest absolute Gasteiger partial charge is 0.333 e. The summed E-state index contributed by atoms with van der Waals surface area (Å²) in [7, 11) is 1.49. The Morgan fingerprint density at radius 3 is 2.29 bits per heavy atom. The molecule has 5 heterocycles. The summed E-state index contributed by atoms with van der Waals surface area (Å²) >= 11 is 0. The predicted octanol–water partition coefficient (Wildman–Crippen LogP) is 1.46. The van der Waals surface area contributed by atoms with Crippen LogP contribution in [0, 0.1) is 12.8 Å². The molecule has 0 aliphatic carbocycles. The molecule has 0 bridgehead atoms. The molecule has 4 aliphatic heterocycles. The van der Waals surface area contributed by atoms with Crippen molar-refractivity contribution in [3.05, 3.63) is 95.3 Å². The van der Waals surface area contributed by atoms with E-state index < -0.39 is 107 Å². The van der Waals surface area contributed by atoms with Crippen LogP contribution in [0.3, 0.4) is 0 Å². The number of piperidine rings is 1. The monoisotopic (exact) mass is 950 g/mol. The molecule has 4 saturated heterocycles. The Labute approximate surface area is 401 Å². The van der Waals surface area contributed by atoms with Gasteiger partial charge >= 0.3 is 5.97 Å². The fraction of sp³-hybridized carbons (Fsp3) is 0.500. The summed E-state index contributed by atoms with van der Waals surface area (Å²) in [5.74, 6) is -7.05. The Kier molecular flexibility index (Phi) is 15.8. The lowest BCUT2D eigenvalue weighted by molar-refractivity contribution is -0.158. The topological polar surface area (TPSA) is 237 Å². The van der Waals surface area contributed by atoms with Crippen molar-refractivity contribution in [2.75, 3.05) is 53.0 Å². The molecule has 0 saturated carbocycles. The number of hydrogen-bond donors (Lipinski definition) is 4. The summed E-state index contributed by atoms with van der Waals surface area (Å²) < 4.78 is 11.5. The van der Waals surface area contributed by atoms with Crippen LogP contribution in [0.1, 0.15) is 79.7 Å². The fourth-order valence-corrected chi connectivity index (χ4v) is 9.47. The van der Waals surface area contributed by atoms with Gasteiger partial charge in [0.1, 0.15) is 47.3 Å². The highest BCUT2D eigenvalue weighted by atomic mass is 16.5. The number of aromatic hydroxyl groups is 1. The molecule has 69 heavy (non-hydrogen) atoms. The highest BCUT2D eigenvalue weighted by Gasteiger charge is 2.49. The molecule has 1 aromatic heterocycles. The third kappa shape index (κ3) is 11.3. The normalized spacial score (nSPS) is 28.1. The average Bonchev–Trinajstić information content (AvgIpc) is 3.84. The first-order chi connectivity index (χ1) is 33.0. The van der Waals surface area contributed by atoms with Crippen molar-refractivity contribution in [1.29, 1.82) is 0 Å². The number of aryl methyl sites for hydroxylation is 1. The van der Waals surface area contributed by atoms with Crippen LogP contribution in [0.5, 0.6) is 5.75 Å². The van der Waals surface area contributed by atoms with Crippen LogP contribution in [0.4, 0.5) is 0 Å². The van der Waals surface area contributed by atoms with Gasteiger partial charge in [-0.3, -0.25) is 38.5 Å².